The van der Waals surface area contributed by atoms with Crippen LogP contribution in [0.5, 0.6) is 5.75 Å². The third-order valence-electron chi connectivity index (χ3n) is 3.54. The van der Waals surface area contributed by atoms with E-state index in [0.29, 0.717) is 5.75 Å². The summed E-state index contributed by atoms with van der Waals surface area (Å²) in [5, 5.41) is 0. The largest absolute Gasteiger partial charge is 0.481 e. The molecule has 0 aromatic heterocycles. The van der Waals surface area contributed by atoms with Gasteiger partial charge in [0, 0.05) is 17.1 Å². The highest BCUT2D eigenvalue weighted by Gasteiger charge is 2.26. The summed E-state index contributed by atoms with van der Waals surface area (Å²) >= 11 is 1.62. The van der Waals surface area contributed by atoms with Crippen LogP contribution in [-0.4, -0.2) is 17.6 Å². The number of benzene rings is 2. The highest BCUT2D eigenvalue weighted by Crippen LogP contribution is 2.35. The van der Waals surface area contributed by atoms with Crippen molar-refractivity contribution in [2.45, 2.75) is 24.3 Å². The lowest BCUT2D eigenvalue weighted by molar-refractivity contribution is -0.124. The van der Waals surface area contributed by atoms with Gasteiger partial charge >= 0.3 is 0 Å². The average molecular weight is 302 g/mol. The van der Waals surface area contributed by atoms with E-state index in [1.807, 2.05) is 31.2 Å². The molecule has 2 aromatic carbocycles. The van der Waals surface area contributed by atoms with Crippen molar-refractivity contribution in [1.29, 1.82) is 0 Å². The monoisotopic (exact) mass is 302 g/mol. The molecule has 0 fully saturated rings. The van der Waals surface area contributed by atoms with Crippen LogP contribution < -0.4 is 4.74 Å². The standard InChI is InChI=1S/C17H15FO2S/c1-11-6-7-13(18)8-12(11)9-14(19)16-10-21-17-5-3-2-4-15(17)20-16/h2-8,16H,9-10H2,1H3. The van der Waals surface area contributed by atoms with Crippen molar-refractivity contribution in [2.75, 3.05) is 5.75 Å². The van der Waals surface area contributed by atoms with Crippen molar-refractivity contribution in [2.24, 2.45) is 0 Å². The molecule has 4 heteroatoms. The molecule has 0 saturated heterocycles. The summed E-state index contributed by atoms with van der Waals surface area (Å²) in [6.07, 6.45) is -0.260. The first-order valence-corrected chi connectivity index (χ1v) is 7.78. The molecule has 3 rings (SSSR count). The van der Waals surface area contributed by atoms with Crippen LogP contribution in [0.4, 0.5) is 4.39 Å². The smallest absolute Gasteiger partial charge is 0.178 e. The Kier molecular flexibility index (Phi) is 3.97. The van der Waals surface area contributed by atoms with Crippen LogP contribution >= 0.6 is 11.8 Å². The Morgan fingerprint density at radius 1 is 1.33 bits per heavy atom. The van der Waals surface area contributed by atoms with E-state index in [-0.39, 0.29) is 18.0 Å². The molecule has 2 nitrogen and oxygen atoms in total. The molecule has 1 aliphatic rings. The minimum absolute atomic E-state index is 0.00861. The van der Waals surface area contributed by atoms with Crippen molar-refractivity contribution in [1.82, 2.24) is 0 Å². The number of para-hydroxylation sites is 1. The maximum absolute atomic E-state index is 13.3. The Balaban J connectivity index is 1.74. The van der Waals surface area contributed by atoms with Crippen molar-refractivity contribution in [3.05, 3.63) is 59.4 Å². The second kappa shape index (κ2) is 5.90. The zero-order chi connectivity index (χ0) is 14.8. The molecule has 1 unspecified atom stereocenters. The van der Waals surface area contributed by atoms with Crippen molar-refractivity contribution in [3.8, 4) is 5.75 Å². The molecule has 0 bridgehead atoms. The summed E-state index contributed by atoms with van der Waals surface area (Å²) in [6.45, 7) is 1.88. The highest BCUT2D eigenvalue weighted by molar-refractivity contribution is 7.99. The number of carbonyl (C=O) groups is 1. The minimum Gasteiger partial charge on any atom is -0.481 e. The lowest BCUT2D eigenvalue weighted by Gasteiger charge is -2.24. The van der Waals surface area contributed by atoms with Gasteiger partial charge in [0.15, 0.2) is 11.9 Å². The van der Waals surface area contributed by atoms with Crippen LogP contribution in [0, 0.1) is 12.7 Å². The molecule has 0 spiro atoms. The number of thioether (sulfide) groups is 1. The lowest BCUT2D eigenvalue weighted by atomic mass is 10.0. The van der Waals surface area contributed by atoms with Gasteiger partial charge in [-0.2, -0.15) is 0 Å². The molecule has 0 N–H and O–H groups in total. The van der Waals surface area contributed by atoms with Gasteiger partial charge in [0.05, 0.1) is 0 Å². The molecule has 21 heavy (non-hydrogen) atoms. The van der Waals surface area contributed by atoms with Gasteiger partial charge in [-0.3, -0.25) is 4.79 Å². The van der Waals surface area contributed by atoms with E-state index in [1.54, 1.807) is 17.8 Å². The molecule has 0 aliphatic carbocycles. The van der Waals surface area contributed by atoms with E-state index in [2.05, 4.69) is 0 Å². The Morgan fingerprint density at radius 2 is 2.14 bits per heavy atom. The summed E-state index contributed by atoms with van der Waals surface area (Å²) < 4.78 is 19.1. The molecule has 1 atom stereocenters. The highest BCUT2D eigenvalue weighted by atomic mass is 32.2. The maximum Gasteiger partial charge on any atom is 0.178 e. The third kappa shape index (κ3) is 3.10. The first-order valence-electron chi connectivity index (χ1n) is 6.80. The minimum atomic E-state index is -0.465. The van der Waals surface area contributed by atoms with Crippen LogP contribution in [0.2, 0.25) is 0 Å². The zero-order valence-electron chi connectivity index (χ0n) is 11.6. The van der Waals surface area contributed by atoms with E-state index >= 15 is 0 Å². The number of rotatable bonds is 3. The number of Topliss-reactive ketones (excluding diaryl/α,β-unsaturated/α-hetero) is 1. The van der Waals surface area contributed by atoms with Crippen LogP contribution in [0.1, 0.15) is 11.1 Å². The normalized spacial score (nSPS) is 17.0. The SMILES string of the molecule is Cc1ccc(F)cc1CC(=O)C1CSc2ccccc2O1. The molecular formula is C17H15FO2S. The summed E-state index contributed by atoms with van der Waals surface area (Å²) in [7, 11) is 0. The summed E-state index contributed by atoms with van der Waals surface area (Å²) in [4.78, 5) is 13.4. The average Bonchev–Trinajstić information content (AvgIpc) is 2.50. The van der Waals surface area contributed by atoms with Crippen molar-refractivity contribution < 1.29 is 13.9 Å². The first-order chi connectivity index (χ1) is 10.1. The van der Waals surface area contributed by atoms with Crippen molar-refractivity contribution in [3.63, 3.8) is 0 Å². The summed E-state index contributed by atoms with van der Waals surface area (Å²) in [6, 6.07) is 12.2. The van der Waals surface area contributed by atoms with Gasteiger partial charge in [-0.15, -0.1) is 11.8 Å². The number of fused-ring (bicyclic) bond motifs is 1. The van der Waals surface area contributed by atoms with E-state index in [4.69, 9.17) is 4.74 Å². The molecule has 0 amide bonds. The number of hydrogen-bond donors (Lipinski definition) is 0. The number of halogens is 1. The summed E-state index contributed by atoms with van der Waals surface area (Å²) in [5.74, 6) is 1.03. The van der Waals surface area contributed by atoms with Crippen LogP contribution in [0.3, 0.4) is 0 Å². The first kappa shape index (κ1) is 14.1. The fraction of sp³-hybridized carbons (Fsp3) is 0.235. The molecule has 108 valence electrons. The Morgan fingerprint density at radius 3 is 3.00 bits per heavy atom. The molecule has 1 heterocycles. The fourth-order valence-electron chi connectivity index (χ4n) is 2.31. The van der Waals surface area contributed by atoms with Crippen molar-refractivity contribution >= 4 is 17.5 Å². The maximum atomic E-state index is 13.3. The fourth-order valence-corrected chi connectivity index (χ4v) is 3.33. The Bertz CT molecular complexity index is 684. The lowest BCUT2D eigenvalue weighted by Crippen LogP contribution is -2.33. The van der Waals surface area contributed by atoms with Gasteiger partial charge in [0.2, 0.25) is 0 Å². The van der Waals surface area contributed by atoms with Gasteiger partial charge < -0.3 is 4.74 Å². The van der Waals surface area contributed by atoms with E-state index < -0.39 is 6.10 Å². The number of hydrogen-bond acceptors (Lipinski definition) is 3. The predicted octanol–water partition coefficient (Wildman–Crippen LogP) is 3.80. The van der Waals surface area contributed by atoms with Gasteiger partial charge in [-0.25, -0.2) is 4.39 Å². The topological polar surface area (TPSA) is 26.3 Å². The number of carbonyl (C=O) groups excluding carboxylic acids is 1. The zero-order valence-corrected chi connectivity index (χ0v) is 12.5. The molecule has 0 saturated carbocycles. The third-order valence-corrected chi connectivity index (χ3v) is 4.66. The second-order valence-corrected chi connectivity index (χ2v) is 6.14. The van der Waals surface area contributed by atoms with Crippen LogP contribution in [-0.2, 0) is 11.2 Å². The molecular weight excluding hydrogens is 287 g/mol. The second-order valence-electron chi connectivity index (χ2n) is 5.08. The van der Waals surface area contributed by atoms with Crippen LogP contribution in [0.15, 0.2) is 47.4 Å². The molecule has 1 aliphatic heterocycles. The number of ketones is 1. The Hall–Kier alpha value is -1.81. The Labute approximate surface area is 127 Å². The number of ether oxygens (including phenoxy) is 1. The van der Waals surface area contributed by atoms with Gasteiger partial charge in [-0.05, 0) is 42.3 Å². The van der Waals surface area contributed by atoms with E-state index in [9.17, 15) is 9.18 Å². The van der Waals surface area contributed by atoms with E-state index in [1.165, 1.54) is 12.1 Å². The number of aryl methyl sites for hydroxylation is 1. The quantitative estimate of drug-likeness (QED) is 0.862. The summed E-state index contributed by atoms with van der Waals surface area (Å²) in [5.41, 5.74) is 1.65. The van der Waals surface area contributed by atoms with Gasteiger partial charge in [-0.1, -0.05) is 18.2 Å². The predicted molar refractivity (Wildman–Crippen MR) is 81.4 cm³/mol. The molecule has 2 aromatic rings. The van der Waals surface area contributed by atoms with Gasteiger partial charge in [0.25, 0.3) is 0 Å². The van der Waals surface area contributed by atoms with Gasteiger partial charge in [0.1, 0.15) is 11.6 Å². The molecule has 0 radical (unpaired) electrons. The van der Waals surface area contributed by atoms with E-state index in [0.717, 1.165) is 21.8 Å². The van der Waals surface area contributed by atoms with Crippen LogP contribution in [0.25, 0.3) is 0 Å².